The summed E-state index contributed by atoms with van der Waals surface area (Å²) >= 11 is 0. The van der Waals surface area contributed by atoms with E-state index >= 15 is 0 Å². The molecule has 3 nitrogen and oxygen atoms in total. The first-order valence-electron chi connectivity index (χ1n) is 6.00. The summed E-state index contributed by atoms with van der Waals surface area (Å²) in [5, 5.41) is 3.36. The SMILES string of the molecule is C1CCN(CCOC2CCNCC2)C1.Cl. The molecule has 0 aliphatic carbocycles. The fraction of sp³-hybridized carbons (Fsp3) is 1.00. The summed E-state index contributed by atoms with van der Waals surface area (Å²) in [6.45, 7) is 6.92. The Bertz CT molecular complexity index is 157. The number of ether oxygens (including phenoxy) is 1. The molecule has 0 amide bonds. The quantitative estimate of drug-likeness (QED) is 0.793. The Labute approximate surface area is 99.0 Å². The van der Waals surface area contributed by atoms with Crippen molar-refractivity contribution < 1.29 is 4.74 Å². The number of nitrogens with one attached hydrogen (secondary N) is 1. The minimum Gasteiger partial charge on any atom is -0.377 e. The molecular weight excluding hydrogens is 212 g/mol. The highest BCUT2D eigenvalue weighted by atomic mass is 35.5. The number of rotatable bonds is 4. The van der Waals surface area contributed by atoms with Crippen molar-refractivity contribution in [2.24, 2.45) is 0 Å². The van der Waals surface area contributed by atoms with Gasteiger partial charge in [-0.1, -0.05) is 0 Å². The number of likely N-dealkylation sites (tertiary alicyclic amines) is 1. The Kier molecular flexibility index (Phi) is 6.57. The highest BCUT2D eigenvalue weighted by Crippen LogP contribution is 2.09. The van der Waals surface area contributed by atoms with Gasteiger partial charge in [-0.2, -0.15) is 0 Å². The molecule has 1 N–H and O–H groups in total. The molecule has 2 fully saturated rings. The molecule has 2 rings (SSSR count). The molecule has 90 valence electrons. The first kappa shape index (κ1) is 13.2. The van der Waals surface area contributed by atoms with Crippen LogP contribution in [0.2, 0.25) is 0 Å². The van der Waals surface area contributed by atoms with Crippen LogP contribution in [0.5, 0.6) is 0 Å². The van der Waals surface area contributed by atoms with Gasteiger partial charge in [0.15, 0.2) is 0 Å². The molecule has 2 aliphatic heterocycles. The maximum absolute atomic E-state index is 5.86. The molecule has 0 saturated carbocycles. The van der Waals surface area contributed by atoms with Crippen LogP contribution in [0.3, 0.4) is 0 Å². The van der Waals surface area contributed by atoms with Gasteiger partial charge in [0, 0.05) is 6.54 Å². The molecular formula is C11H23ClN2O. The van der Waals surface area contributed by atoms with Crippen LogP contribution in [0, 0.1) is 0 Å². The molecule has 0 radical (unpaired) electrons. The Balaban J connectivity index is 0.00000112. The van der Waals surface area contributed by atoms with Gasteiger partial charge in [-0.05, 0) is 51.9 Å². The van der Waals surface area contributed by atoms with Gasteiger partial charge in [-0.25, -0.2) is 0 Å². The van der Waals surface area contributed by atoms with E-state index in [-0.39, 0.29) is 12.4 Å². The molecule has 4 heteroatoms. The largest absolute Gasteiger partial charge is 0.377 e. The Morgan fingerprint density at radius 1 is 1.13 bits per heavy atom. The van der Waals surface area contributed by atoms with Gasteiger partial charge in [0.1, 0.15) is 0 Å². The lowest BCUT2D eigenvalue weighted by atomic mass is 10.1. The molecule has 2 saturated heterocycles. The molecule has 15 heavy (non-hydrogen) atoms. The average Bonchev–Trinajstić information content (AvgIpc) is 2.72. The minimum absolute atomic E-state index is 0. The second-order valence-electron chi connectivity index (χ2n) is 4.37. The van der Waals surface area contributed by atoms with Crippen molar-refractivity contribution in [2.45, 2.75) is 31.8 Å². The fourth-order valence-electron chi connectivity index (χ4n) is 2.32. The van der Waals surface area contributed by atoms with Crippen molar-refractivity contribution in [3.8, 4) is 0 Å². The average molecular weight is 235 g/mol. The van der Waals surface area contributed by atoms with Crippen LogP contribution < -0.4 is 5.32 Å². The highest BCUT2D eigenvalue weighted by Gasteiger charge is 2.15. The highest BCUT2D eigenvalue weighted by molar-refractivity contribution is 5.85. The number of nitrogens with zero attached hydrogens (tertiary/aromatic N) is 1. The summed E-state index contributed by atoms with van der Waals surface area (Å²) in [4.78, 5) is 2.51. The van der Waals surface area contributed by atoms with Crippen LogP contribution >= 0.6 is 12.4 Å². The lowest BCUT2D eigenvalue weighted by molar-refractivity contribution is 0.0229. The van der Waals surface area contributed by atoms with Crippen molar-refractivity contribution in [2.75, 3.05) is 39.3 Å². The van der Waals surface area contributed by atoms with Gasteiger partial charge >= 0.3 is 0 Å². The molecule has 0 bridgehead atoms. The molecule has 2 heterocycles. The fourth-order valence-corrected chi connectivity index (χ4v) is 2.32. The first-order valence-corrected chi connectivity index (χ1v) is 6.00. The summed E-state index contributed by atoms with van der Waals surface area (Å²) in [7, 11) is 0. The van der Waals surface area contributed by atoms with Crippen molar-refractivity contribution in [1.82, 2.24) is 10.2 Å². The topological polar surface area (TPSA) is 24.5 Å². The summed E-state index contributed by atoms with van der Waals surface area (Å²) in [6, 6.07) is 0. The molecule has 0 unspecified atom stereocenters. The van der Waals surface area contributed by atoms with Crippen LogP contribution in [0.15, 0.2) is 0 Å². The van der Waals surface area contributed by atoms with E-state index in [0.717, 1.165) is 26.2 Å². The van der Waals surface area contributed by atoms with E-state index in [9.17, 15) is 0 Å². The minimum atomic E-state index is 0. The second-order valence-corrected chi connectivity index (χ2v) is 4.37. The third-order valence-electron chi connectivity index (χ3n) is 3.25. The van der Waals surface area contributed by atoms with Gasteiger partial charge in [0.05, 0.1) is 12.7 Å². The van der Waals surface area contributed by atoms with Gasteiger partial charge < -0.3 is 15.0 Å². The second kappa shape index (κ2) is 7.44. The van der Waals surface area contributed by atoms with Crippen LogP contribution in [-0.2, 0) is 4.74 Å². The van der Waals surface area contributed by atoms with Gasteiger partial charge in [0.25, 0.3) is 0 Å². The standard InChI is InChI=1S/C11H22N2O.ClH/c1-2-8-13(7-1)9-10-14-11-3-5-12-6-4-11;/h11-12H,1-10H2;1H. The molecule has 0 spiro atoms. The number of piperidine rings is 1. The summed E-state index contributed by atoms with van der Waals surface area (Å²) in [5.41, 5.74) is 0. The van der Waals surface area contributed by atoms with Crippen molar-refractivity contribution in [3.05, 3.63) is 0 Å². The summed E-state index contributed by atoms with van der Waals surface area (Å²) < 4.78 is 5.86. The van der Waals surface area contributed by atoms with E-state index < -0.39 is 0 Å². The van der Waals surface area contributed by atoms with E-state index in [4.69, 9.17) is 4.74 Å². The summed E-state index contributed by atoms with van der Waals surface area (Å²) in [5.74, 6) is 0. The molecule has 0 atom stereocenters. The first-order chi connectivity index (χ1) is 6.95. The predicted octanol–water partition coefficient (Wildman–Crippen LogP) is 1.27. The van der Waals surface area contributed by atoms with E-state index in [1.54, 1.807) is 0 Å². The Morgan fingerprint density at radius 3 is 2.47 bits per heavy atom. The smallest absolute Gasteiger partial charge is 0.0600 e. The van der Waals surface area contributed by atoms with Crippen molar-refractivity contribution >= 4 is 12.4 Å². The molecule has 2 aliphatic rings. The van der Waals surface area contributed by atoms with Crippen LogP contribution in [0.25, 0.3) is 0 Å². The monoisotopic (exact) mass is 234 g/mol. The predicted molar refractivity (Wildman–Crippen MR) is 64.8 cm³/mol. The van der Waals surface area contributed by atoms with Crippen LogP contribution in [0.1, 0.15) is 25.7 Å². The number of halogens is 1. The zero-order valence-corrected chi connectivity index (χ0v) is 10.2. The lowest BCUT2D eigenvalue weighted by Gasteiger charge is -2.24. The Hall–Kier alpha value is 0.170. The molecule has 0 aromatic heterocycles. The Morgan fingerprint density at radius 2 is 1.80 bits per heavy atom. The van der Waals surface area contributed by atoms with E-state index in [0.29, 0.717) is 6.10 Å². The summed E-state index contributed by atoms with van der Waals surface area (Å²) in [6.07, 6.45) is 5.68. The van der Waals surface area contributed by atoms with Crippen molar-refractivity contribution in [1.29, 1.82) is 0 Å². The van der Waals surface area contributed by atoms with Crippen LogP contribution in [0.4, 0.5) is 0 Å². The molecule has 0 aromatic rings. The van der Waals surface area contributed by atoms with E-state index in [2.05, 4.69) is 10.2 Å². The van der Waals surface area contributed by atoms with Gasteiger partial charge in [-0.15, -0.1) is 12.4 Å². The number of hydrogen-bond donors (Lipinski definition) is 1. The van der Waals surface area contributed by atoms with E-state index in [1.807, 2.05) is 0 Å². The maximum atomic E-state index is 5.86. The lowest BCUT2D eigenvalue weighted by Crippen LogP contribution is -2.34. The molecule has 0 aromatic carbocycles. The van der Waals surface area contributed by atoms with Gasteiger partial charge in [-0.3, -0.25) is 0 Å². The van der Waals surface area contributed by atoms with E-state index in [1.165, 1.54) is 38.8 Å². The maximum Gasteiger partial charge on any atom is 0.0600 e. The van der Waals surface area contributed by atoms with Crippen molar-refractivity contribution in [3.63, 3.8) is 0 Å². The third-order valence-corrected chi connectivity index (χ3v) is 3.25. The van der Waals surface area contributed by atoms with Crippen LogP contribution in [-0.4, -0.2) is 50.3 Å². The number of hydrogen-bond acceptors (Lipinski definition) is 3. The normalized spacial score (nSPS) is 24.0. The zero-order chi connectivity index (χ0) is 9.64. The zero-order valence-electron chi connectivity index (χ0n) is 9.41. The van der Waals surface area contributed by atoms with Gasteiger partial charge in [0.2, 0.25) is 0 Å². The third kappa shape index (κ3) is 4.68.